The molecular weight excluding hydrogens is 459 g/mol. The van der Waals surface area contributed by atoms with Gasteiger partial charge in [0, 0.05) is 13.6 Å². The van der Waals surface area contributed by atoms with Crippen LogP contribution >= 0.6 is 11.6 Å². The Bertz CT molecular complexity index is 1280. The molecule has 3 aromatic rings. The summed E-state index contributed by atoms with van der Waals surface area (Å²) in [6, 6.07) is 14.2. The first-order chi connectivity index (χ1) is 15.3. The van der Waals surface area contributed by atoms with Crippen molar-refractivity contribution in [3.8, 4) is 11.5 Å². The third-order valence-corrected chi connectivity index (χ3v) is 7.03. The van der Waals surface area contributed by atoms with Crippen LogP contribution in [-0.4, -0.2) is 28.2 Å². The first-order valence-corrected chi connectivity index (χ1v) is 11.3. The molecule has 1 heterocycles. The van der Waals surface area contributed by atoms with E-state index in [4.69, 9.17) is 21.1 Å². The Hall–Kier alpha value is -3.30. The molecule has 0 aromatic heterocycles. The summed E-state index contributed by atoms with van der Waals surface area (Å²) in [7, 11) is -2.67. The fraction of sp³-hybridized carbons (Fsp3) is 0.136. The maximum Gasteiger partial charge on any atom is 0.264 e. The number of benzene rings is 3. The lowest BCUT2D eigenvalue weighted by Crippen LogP contribution is -2.27. The molecule has 0 radical (unpaired) electrons. The summed E-state index contributed by atoms with van der Waals surface area (Å²) in [6.45, 7) is 0.326. The van der Waals surface area contributed by atoms with Crippen molar-refractivity contribution in [2.24, 2.45) is 0 Å². The van der Waals surface area contributed by atoms with Crippen molar-refractivity contribution in [2.45, 2.75) is 11.4 Å². The fourth-order valence-electron chi connectivity index (χ4n) is 3.12. The van der Waals surface area contributed by atoms with Crippen LogP contribution in [0.4, 0.5) is 10.1 Å². The van der Waals surface area contributed by atoms with E-state index in [1.54, 1.807) is 18.2 Å². The highest BCUT2D eigenvalue weighted by Gasteiger charge is 2.24. The van der Waals surface area contributed by atoms with Crippen LogP contribution < -0.4 is 19.1 Å². The number of halogens is 2. The van der Waals surface area contributed by atoms with Crippen molar-refractivity contribution in [3.63, 3.8) is 0 Å². The summed E-state index contributed by atoms with van der Waals surface area (Å²) in [6.07, 6.45) is 0. The number of rotatable bonds is 6. The maximum absolute atomic E-state index is 13.2. The van der Waals surface area contributed by atoms with Gasteiger partial charge in [-0.2, -0.15) is 0 Å². The van der Waals surface area contributed by atoms with Crippen molar-refractivity contribution in [3.05, 3.63) is 82.6 Å². The minimum absolute atomic E-state index is 0.0148. The molecule has 4 rings (SSSR count). The molecule has 1 N–H and O–H groups in total. The van der Waals surface area contributed by atoms with Crippen molar-refractivity contribution < 1.29 is 27.1 Å². The van der Waals surface area contributed by atoms with Crippen LogP contribution in [0.3, 0.4) is 0 Å². The monoisotopic (exact) mass is 476 g/mol. The summed E-state index contributed by atoms with van der Waals surface area (Å²) >= 11 is 6.17. The van der Waals surface area contributed by atoms with Crippen LogP contribution in [0.15, 0.2) is 65.6 Å². The summed E-state index contributed by atoms with van der Waals surface area (Å²) in [4.78, 5) is 12.6. The highest BCUT2D eigenvalue weighted by atomic mass is 35.5. The van der Waals surface area contributed by atoms with Crippen LogP contribution in [0.1, 0.15) is 15.9 Å². The van der Waals surface area contributed by atoms with E-state index < -0.39 is 21.7 Å². The summed E-state index contributed by atoms with van der Waals surface area (Å²) in [5, 5.41) is 2.83. The maximum atomic E-state index is 13.2. The molecule has 1 amide bonds. The highest BCUT2D eigenvalue weighted by Crippen LogP contribution is 2.32. The van der Waals surface area contributed by atoms with Gasteiger partial charge in [-0.05, 0) is 60.2 Å². The predicted molar refractivity (Wildman–Crippen MR) is 117 cm³/mol. The molecule has 0 bridgehead atoms. The van der Waals surface area contributed by atoms with Gasteiger partial charge in [-0.15, -0.1) is 0 Å². The Balaban J connectivity index is 1.53. The zero-order chi connectivity index (χ0) is 22.9. The van der Waals surface area contributed by atoms with E-state index in [9.17, 15) is 17.6 Å². The lowest BCUT2D eigenvalue weighted by molar-refractivity contribution is 0.0950. The molecular formula is C22H18ClFN2O5S. The molecule has 0 unspecified atom stereocenters. The van der Waals surface area contributed by atoms with Crippen LogP contribution in [0, 0.1) is 5.82 Å². The molecule has 7 nitrogen and oxygen atoms in total. The summed E-state index contributed by atoms with van der Waals surface area (Å²) < 4.78 is 50.8. The van der Waals surface area contributed by atoms with Crippen molar-refractivity contribution in [1.82, 2.24) is 5.32 Å². The molecule has 0 saturated carbocycles. The summed E-state index contributed by atoms with van der Waals surface area (Å²) in [5.41, 5.74) is 1.06. The van der Waals surface area contributed by atoms with Crippen LogP contribution in [-0.2, 0) is 16.6 Å². The number of hydrogen-bond acceptors (Lipinski definition) is 5. The van der Waals surface area contributed by atoms with Gasteiger partial charge in [0.1, 0.15) is 5.82 Å². The normalized spacial score (nSPS) is 12.5. The molecule has 0 atom stereocenters. The average molecular weight is 477 g/mol. The van der Waals surface area contributed by atoms with E-state index >= 15 is 0 Å². The number of carbonyl (C=O) groups is 1. The number of fused-ring (bicyclic) bond motifs is 1. The first kappa shape index (κ1) is 21.9. The standard InChI is InChI=1S/C22H18ClFN2O5S/c1-26(16-5-3-15(24)4-6-16)32(28,29)17-7-8-19(23)18(11-17)22(27)25-12-14-2-9-20-21(10-14)31-13-30-20/h2-11H,12-13H2,1H3,(H,25,27). The number of nitrogens with one attached hydrogen (secondary N) is 1. The lowest BCUT2D eigenvalue weighted by atomic mass is 10.1. The number of nitrogens with zero attached hydrogens (tertiary/aromatic N) is 1. The Morgan fingerprint density at radius 2 is 1.78 bits per heavy atom. The molecule has 1 aliphatic heterocycles. The summed E-state index contributed by atoms with van der Waals surface area (Å²) in [5.74, 6) is 0.208. The SMILES string of the molecule is CN(c1ccc(F)cc1)S(=O)(=O)c1ccc(Cl)c(C(=O)NCc2ccc3c(c2)OCO3)c1. The zero-order valence-corrected chi connectivity index (χ0v) is 18.4. The third kappa shape index (κ3) is 4.35. The number of ether oxygens (including phenoxy) is 2. The molecule has 32 heavy (non-hydrogen) atoms. The quantitative estimate of drug-likeness (QED) is 0.582. The second-order valence-electron chi connectivity index (χ2n) is 6.96. The minimum atomic E-state index is -4.01. The second-order valence-corrected chi connectivity index (χ2v) is 9.34. The predicted octanol–water partition coefficient (Wildman–Crippen LogP) is 3.96. The van der Waals surface area contributed by atoms with Gasteiger partial charge in [0.2, 0.25) is 6.79 Å². The lowest BCUT2D eigenvalue weighted by Gasteiger charge is -2.20. The van der Waals surface area contributed by atoms with E-state index in [2.05, 4.69) is 5.32 Å². The van der Waals surface area contributed by atoms with Gasteiger partial charge in [0.15, 0.2) is 11.5 Å². The number of carbonyl (C=O) groups excluding carboxylic acids is 1. The largest absolute Gasteiger partial charge is 0.454 e. The molecule has 0 aliphatic carbocycles. The molecule has 0 fully saturated rings. The van der Waals surface area contributed by atoms with Gasteiger partial charge in [-0.1, -0.05) is 17.7 Å². The smallest absolute Gasteiger partial charge is 0.264 e. The first-order valence-electron chi connectivity index (χ1n) is 9.46. The van der Waals surface area contributed by atoms with Crippen molar-refractivity contribution in [1.29, 1.82) is 0 Å². The zero-order valence-electron chi connectivity index (χ0n) is 16.8. The van der Waals surface area contributed by atoms with Crippen molar-refractivity contribution in [2.75, 3.05) is 18.1 Å². The van der Waals surface area contributed by atoms with Gasteiger partial charge in [-0.25, -0.2) is 12.8 Å². The van der Waals surface area contributed by atoms with E-state index in [0.29, 0.717) is 11.5 Å². The van der Waals surface area contributed by atoms with Crippen molar-refractivity contribution >= 4 is 33.2 Å². The molecule has 1 aliphatic rings. The van der Waals surface area contributed by atoms with E-state index in [1.807, 2.05) is 0 Å². The van der Waals surface area contributed by atoms with Crippen LogP contribution in [0.5, 0.6) is 11.5 Å². The number of amides is 1. The third-order valence-electron chi connectivity index (χ3n) is 4.92. The topological polar surface area (TPSA) is 84.9 Å². The highest BCUT2D eigenvalue weighted by molar-refractivity contribution is 7.92. The molecule has 10 heteroatoms. The van der Waals surface area contributed by atoms with Gasteiger partial charge >= 0.3 is 0 Å². The van der Waals surface area contributed by atoms with E-state index in [0.717, 1.165) is 22.0 Å². The van der Waals surface area contributed by atoms with Gasteiger partial charge in [0.25, 0.3) is 15.9 Å². The Kier molecular flexibility index (Phi) is 5.94. The molecule has 0 spiro atoms. The van der Waals surface area contributed by atoms with Crippen LogP contribution in [0.2, 0.25) is 5.02 Å². The van der Waals surface area contributed by atoms with Gasteiger partial charge in [-0.3, -0.25) is 9.10 Å². The van der Waals surface area contributed by atoms with E-state index in [-0.39, 0.29) is 34.5 Å². The Morgan fingerprint density at radius 3 is 2.53 bits per heavy atom. The molecule has 3 aromatic carbocycles. The van der Waals surface area contributed by atoms with Gasteiger partial charge < -0.3 is 14.8 Å². The fourth-order valence-corrected chi connectivity index (χ4v) is 4.54. The average Bonchev–Trinajstić information content (AvgIpc) is 3.25. The molecule has 0 saturated heterocycles. The van der Waals surface area contributed by atoms with Gasteiger partial charge in [0.05, 0.1) is 21.2 Å². The number of sulfonamides is 1. The number of anilines is 1. The van der Waals surface area contributed by atoms with Crippen LogP contribution in [0.25, 0.3) is 0 Å². The second kappa shape index (κ2) is 8.68. The van der Waals surface area contributed by atoms with E-state index in [1.165, 1.54) is 37.4 Å². The molecule has 166 valence electrons. The Labute approximate surface area is 189 Å². The minimum Gasteiger partial charge on any atom is -0.454 e. The number of hydrogen-bond donors (Lipinski definition) is 1. The Morgan fingerprint density at radius 1 is 1.06 bits per heavy atom.